The third-order valence-corrected chi connectivity index (χ3v) is 6.35. The Morgan fingerprint density at radius 1 is 1.25 bits per heavy atom. The van der Waals surface area contributed by atoms with Gasteiger partial charge in [-0.15, -0.1) is 0 Å². The van der Waals surface area contributed by atoms with Gasteiger partial charge in [0, 0.05) is 49.6 Å². The maximum atomic E-state index is 13.7. The van der Waals surface area contributed by atoms with Gasteiger partial charge in [0.25, 0.3) is 5.91 Å². The number of benzene rings is 1. The van der Waals surface area contributed by atoms with Gasteiger partial charge in [-0.1, -0.05) is 6.07 Å². The molecule has 4 heterocycles. The van der Waals surface area contributed by atoms with Crippen molar-refractivity contribution in [2.45, 2.75) is 25.4 Å². The maximum Gasteiger partial charge on any atom is 0.273 e. The molecule has 0 aliphatic carbocycles. The van der Waals surface area contributed by atoms with E-state index in [2.05, 4.69) is 25.7 Å². The highest BCUT2D eigenvalue weighted by molar-refractivity contribution is 6.44. The molecule has 2 saturated heterocycles. The number of aryl methyl sites for hydroxylation is 2. The number of nitrogens with one attached hydrogen (secondary N) is 3. The van der Waals surface area contributed by atoms with Crippen molar-refractivity contribution in [2.24, 2.45) is 7.05 Å². The van der Waals surface area contributed by atoms with Crippen LogP contribution in [-0.2, 0) is 23.1 Å². The Balaban J connectivity index is 1.35. The standard InChI is InChI=1S/C24H24F2N8O2/c1-14-9-29-23(31-19-5-6-30-33(19)2)32-21(14)28-10-16-8-24(12-36-13-24)34(22(35)20(16)27)11-15-3-4-17(25)18(26)7-15/h3-7,9-10,27H,8,11-13H2,1-2H3,(H2,28,29,31,32)/b16-10-,27-20?. The molecule has 36 heavy (non-hydrogen) atoms. The van der Waals surface area contributed by atoms with E-state index in [4.69, 9.17) is 10.1 Å². The second-order valence-corrected chi connectivity index (χ2v) is 8.91. The Labute approximate surface area is 205 Å². The zero-order valence-corrected chi connectivity index (χ0v) is 19.7. The summed E-state index contributed by atoms with van der Waals surface area (Å²) in [5.74, 6) is -0.829. The second-order valence-electron chi connectivity index (χ2n) is 8.91. The predicted octanol–water partition coefficient (Wildman–Crippen LogP) is 3.06. The minimum Gasteiger partial charge on any atom is -0.376 e. The Hall–Kier alpha value is -4.19. The number of aromatic nitrogens is 4. The van der Waals surface area contributed by atoms with Crippen LogP contribution < -0.4 is 10.6 Å². The van der Waals surface area contributed by atoms with Gasteiger partial charge < -0.3 is 20.3 Å². The van der Waals surface area contributed by atoms with E-state index in [0.29, 0.717) is 42.5 Å². The molecule has 5 rings (SSSR count). The normalized spacial score (nSPS) is 18.0. The number of rotatable bonds is 6. The summed E-state index contributed by atoms with van der Waals surface area (Å²) in [6.07, 6.45) is 5.30. The summed E-state index contributed by atoms with van der Waals surface area (Å²) in [6, 6.07) is 5.33. The first kappa shape index (κ1) is 23.5. The fourth-order valence-electron chi connectivity index (χ4n) is 4.22. The number of amides is 1. The van der Waals surface area contributed by atoms with Gasteiger partial charge in [-0.25, -0.2) is 13.8 Å². The quantitative estimate of drug-likeness (QED) is 0.482. The average Bonchev–Trinajstić information content (AvgIpc) is 3.23. The van der Waals surface area contributed by atoms with E-state index < -0.39 is 23.1 Å². The molecule has 0 saturated carbocycles. The molecule has 3 aromatic rings. The van der Waals surface area contributed by atoms with E-state index in [9.17, 15) is 13.6 Å². The first-order valence-corrected chi connectivity index (χ1v) is 11.2. The zero-order valence-electron chi connectivity index (χ0n) is 19.7. The number of likely N-dealkylation sites (tertiary alicyclic amines) is 1. The van der Waals surface area contributed by atoms with Crippen molar-refractivity contribution in [3.8, 4) is 0 Å². The van der Waals surface area contributed by atoms with E-state index in [1.165, 1.54) is 11.0 Å². The van der Waals surface area contributed by atoms with Crippen LogP contribution in [0.3, 0.4) is 0 Å². The Bertz CT molecular complexity index is 1380. The zero-order chi connectivity index (χ0) is 25.4. The van der Waals surface area contributed by atoms with Crippen molar-refractivity contribution in [3.05, 3.63) is 71.2 Å². The summed E-state index contributed by atoms with van der Waals surface area (Å²) in [5.41, 5.74) is 0.883. The van der Waals surface area contributed by atoms with Crippen molar-refractivity contribution in [3.63, 3.8) is 0 Å². The fraction of sp³-hybridized carbons (Fsp3) is 0.292. The summed E-state index contributed by atoms with van der Waals surface area (Å²) in [5, 5.41) is 18.8. The van der Waals surface area contributed by atoms with Crippen molar-refractivity contribution in [1.29, 1.82) is 5.41 Å². The van der Waals surface area contributed by atoms with Crippen LogP contribution in [0.25, 0.3) is 0 Å². The first-order chi connectivity index (χ1) is 17.3. The molecule has 186 valence electrons. The van der Waals surface area contributed by atoms with Crippen molar-refractivity contribution >= 4 is 29.2 Å². The highest BCUT2D eigenvalue weighted by Crippen LogP contribution is 2.38. The number of ether oxygens (including phenoxy) is 1. The van der Waals surface area contributed by atoms with Crippen molar-refractivity contribution in [2.75, 3.05) is 23.8 Å². The van der Waals surface area contributed by atoms with Crippen LogP contribution in [0, 0.1) is 24.0 Å². The first-order valence-electron chi connectivity index (χ1n) is 11.2. The molecule has 0 radical (unpaired) electrons. The van der Waals surface area contributed by atoms with Gasteiger partial charge in [0.15, 0.2) is 11.6 Å². The van der Waals surface area contributed by atoms with E-state index in [1.807, 2.05) is 6.92 Å². The van der Waals surface area contributed by atoms with Crippen LogP contribution in [0.2, 0.25) is 0 Å². The number of piperidine rings is 1. The minimum absolute atomic E-state index is 0.0521. The number of nitrogens with zero attached hydrogens (tertiary/aromatic N) is 5. The molecule has 2 fully saturated rings. The molecule has 1 spiro atoms. The topological polar surface area (TPSA) is 121 Å². The molecular weight excluding hydrogens is 470 g/mol. The van der Waals surface area contributed by atoms with Gasteiger partial charge in [0.05, 0.1) is 24.9 Å². The Morgan fingerprint density at radius 3 is 2.72 bits per heavy atom. The molecule has 2 aliphatic rings. The smallest absolute Gasteiger partial charge is 0.273 e. The van der Waals surface area contributed by atoms with Gasteiger partial charge >= 0.3 is 0 Å². The molecule has 1 aromatic carbocycles. The van der Waals surface area contributed by atoms with E-state index in [-0.39, 0.29) is 12.3 Å². The highest BCUT2D eigenvalue weighted by Gasteiger charge is 2.51. The lowest BCUT2D eigenvalue weighted by Crippen LogP contribution is -2.67. The molecule has 2 aromatic heterocycles. The van der Waals surface area contributed by atoms with Crippen LogP contribution in [0.5, 0.6) is 0 Å². The van der Waals surface area contributed by atoms with Crippen LogP contribution >= 0.6 is 0 Å². The van der Waals surface area contributed by atoms with Crippen LogP contribution in [0.1, 0.15) is 17.5 Å². The lowest BCUT2D eigenvalue weighted by Gasteiger charge is -2.52. The third-order valence-electron chi connectivity index (χ3n) is 6.35. The maximum absolute atomic E-state index is 13.7. The summed E-state index contributed by atoms with van der Waals surface area (Å²) < 4.78 is 34.2. The molecule has 10 nitrogen and oxygen atoms in total. The Morgan fingerprint density at radius 2 is 2.06 bits per heavy atom. The molecule has 0 atom stereocenters. The molecular formula is C24H24F2N8O2. The van der Waals surface area contributed by atoms with Gasteiger partial charge in [-0.05, 0) is 24.6 Å². The van der Waals surface area contributed by atoms with Crippen LogP contribution in [-0.4, -0.2) is 55.0 Å². The van der Waals surface area contributed by atoms with Gasteiger partial charge in [0.1, 0.15) is 17.3 Å². The van der Waals surface area contributed by atoms with E-state index >= 15 is 0 Å². The summed E-state index contributed by atoms with van der Waals surface area (Å²) >= 11 is 0. The van der Waals surface area contributed by atoms with Crippen molar-refractivity contribution < 1.29 is 18.3 Å². The third kappa shape index (κ3) is 4.31. The number of hydrogen-bond acceptors (Lipinski definition) is 8. The molecule has 2 aliphatic heterocycles. The van der Waals surface area contributed by atoms with E-state index in [1.54, 1.807) is 36.4 Å². The summed E-state index contributed by atoms with van der Waals surface area (Å²) in [4.78, 5) is 23.5. The molecule has 1 amide bonds. The fourth-order valence-corrected chi connectivity index (χ4v) is 4.22. The van der Waals surface area contributed by atoms with Gasteiger partial charge in [-0.2, -0.15) is 10.1 Å². The molecule has 12 heteroatoms. The number of hydrogen-bond donors (Lipinski definition) is 3. The lowest BCUT2D eigenvalue weighted by atomic mass is 9.80. The van der Waals surface area contributed by atoms with Crippen LogP contribution in [0.15, 0.2) is 48.4 Å². The van der Waals surface area contributed by atoms with Crippen LogP contribution in [0.4, 0.5) is 26.4 Å². The predicted molar refractivity (Wildman–Crippen MR) is 128 cm³/mol. The number of carbonyl (C=O) groups is 1. The number of carbonyl (C=O) groups excluding carboxylic acids is 1. The van der Waals surface area contributed by atoms with E-state index in [0.717, 1.165) is 23.5 Å². The number of halogens is 2. The van der Waals surface area contributed by atoms with Gasteiger partial charge in [0.2, 0.25) is 5.95 Å². The average molecular weight is 495 g/mol. The summed E-state index contributed by atoms with van der Waals surface area (Å²) in [6.45, 7) is 2.48. The monoisotopic (exact) mass is 494 g/mol. The minimum atomic E-state index is -0.979. The molecule has 0 unspecified atom stereocenters. The number of anilines is 3. The highest BCUT2D eigenvalue weighted by atomic mass is 19.2. The van der Waals surface area contributed by atoms with Crippen molar-refractivity contribution in [1.82, 2.24) is 24.6 Å². The molecule has 3 N–H and O–H groups in total. The Kier molecular flexibility index (Phi) is 5.96. The SMILES string of the molecule is Cc1cnc(Nc2ccnn2C)nc1N/C=C1/CC2(COC2)N(Cc2ccc(F)c(F)c2)C(=O)C1=N. The second kappa shape index (κ2) is 9.11. The summed E-state index contributed by atoms with van der Waals surface area (Å²) in [7, 11) is 1.79. The molecule has 0 bridgehead atoms. The lowest BCUT2D eigenvalue weighted by molar-refractivity contribution is -0.166. The largest absolute Gasteiger partial charge is 0.376 e. The van der Waals surface area contributed by atoms with Gasteiger partial charge in [-0.3, -0.25) is 14.9 Å².